The standard InChI is InChI=1S/C40H35N3/c1-28-7-4-10-37(25-28)41-34-19-13-31(14-20-34)40(32-15-21-35(22-16-32)42-38-11-5-8-29(2)26-38)33-17-23-36(24-18-33)43-39-12-6-9-30(3)27-39/h4-27,41-42H,1-3H3. The number of hydrogen-bond acceptors (Lipinski definition) is 3. The summed E-state index contributed by atoms with van der Waals surface area (Å²) in [4.78, 5) is 4.84. The van der Waals surface area contributed by atoms with Crippen LogP contribution in [0.2, 0.25) is 0 Å². The maximum absolute atomic E-state index is 4.84. The average Bonchev–Trinajstić information content (AvgIpc) is 3.00. The third-order valence-corrected chi connectivity index (χ3v) is 7.38. The molecule has 0 saturated carbocycles. The lowest BCUT2D eigenvalue weighted by molar-refractivity contribution is 1.42. The van der Waals surface area contributed by atoms with Crippen molar-refractivity contribution in [1.29, 1.82) is 0 Å². The Morgan fingerprint density at radius 1 is 0.465 bits per heavy atom. The van der Waals surface area contributed by atoms with E-state index in [4.69, 9.17) is 4.99 Å². The number of allylic oxidation sites excluding steroid dienone is 5. The second-order valence-corrected chi connectivity index (χ2v) is 11.0. The molecule has 3 nitrogen and oxygen atoms in total. The molecule has 0 bridgehead atoms. The second kappa shape index (κ2) is 12.6. The van der Waals surface area contributed by atoms with Crippen molar-refractivity contribution in [2.45, 2.75) is 20.8 Å². The van der Waals surface area contributed by atoms with Crippen LogP contribution in [0.4, 0.5) is 28.4 Å². The van der Waals surface area contributed by atoms with E-state index in [1.54, 1.807) is 0 Å². The predicted molar refractivity (Wildman–Crippen MR) is 184 cm³/mol. The van der Waals surface area contributed by atoms with Gasteiger partial charge < -0.3 is 10.6 Å². The lowest BCUT2D eigenvalue weighted by Gasteiger charge is -2.16. The predicted octanol–water partition coefficient (Wildman–Crippen LogP) is 10.8. The summed E-state index contributed by atoms with van der Waals surface area (Å²) >= 11 is 0. The summed E-state index contributed by atoms with van der Waals surface area (Å²) in [5.74, 6) is 0. The molecule has 3 heteroatoms. The quantitative estimate of drug-likeness (QED) is 0.209. The van der Waals surface area contributed by atoms with Gasteiger partial charge >= 0.3 is 0 Å². The van der Waals surface area contributed by atoms with Crippen LogP contribution in [0.25, 0.3) is 5.57 Å². The molecule has 43 heavy (non-hydrogen) atoms. The number of nitrogens with one attached hydrogen (secondary N) is 2. The Hall–Kier alpha value is -5.41. The normalized spacial score (nSPS) is 12.3. The van der Waals surface area contributed by atoms with E-state index in [-0.39, 0.29) is 0 Å². The van der Waals surface area contributed by atoms with E-state index in [0.29, 0.717) is 0 Å². The van der Waals surface area contributed by atoms with Gasteiger partial charge in [0, 0.05) is 22.7 Å². The zero-order valence-electron chi connectivity index (χ0n) is 24.8. The molecule has 0 radical (unpaired) electrons. The van der Waals surface area contributed by atoms with Gasteiger partial charge in [-0.2, -0.15) is 0 Å². The number of hydrogen-bond donors (Lipinski definition) is 2. The van der Waals surface area contributed by atoms with Gasteiger partial charge in [-0.15, -0.1) is 0 Å². The van der Waals surface area contributed by atoms with E-state index in [1.165, 1.54) is 22.3 Å². The number of nitrogens with zero attached hydrogens (tertiary/aromatic N) is 1. The van der Waals surface area contributed by atoms with E-state index in [2.05, 4.69) is 165 Å². The van der Waals surface area contributed by atoms with E-state index in [0.717, 1.165) is 50.8 Å². The first-order valence-electron chi connectivity index (χ1n) is 14.6. The molecule has 0 fully saturated rings. The lowest BCUT2D eigenvalue weighted by atomic mass is 9.90. The zero-order chi connectivity index (χ0) is 29.6. The van der Waals surface area contributed by atoms with Crippen LogP contribution in [0.15, 0.2) is 156 Å². The molecule has 0 aromatic heterocycles. The molecule has 0 unspecified atom stereocenters. The summed E-state index contributed by atoms with van der Waals surface area (Å²) in [6, 6.07) is 42.5. The maximum Gasteiger partial charge on any atom is 0.0639 e. The molecule has 0 saturated heterocycles. The Morgan fingerprint density at radius 2 is 0.930 bits per heavy atom. The largest absolute Gasteiger partial charge is 0.356 e. The fourth-order valence-corrected chi connectivity index (χ4v) is 5.27. The number of rotatable bonds is 7. The van der Waals surface area contributed by atoms with Crippen LogP contribution in [0.1, 0.15) is 27.8 Å². The number of aliphatic imine (C=N–C) groups is 1. The molecule has 210 valence electrons. The van der Waals surface area contributed by atoms with Crippen molar-refractivity contribution in [3.05, 3.63) is 179 Å². The second-order valence-electron chi connectivity index (χ2n) is 11.0. The Kier molecular flexibility index (Phi) is 8.15. The third kappa shape index (κ3) is 7.09. The summed E-state index contributed by atoms with van der Waals surface area (Å²) in [5.41, 5.74) is 14.5. The Labute approximate surface area is 254 Å². The minimum Gasteiger partial charge on any atom is -0.356 e. The van der Waals surface area contributed by atoms with Gasteiger partial charge in [0.2, 0.25) is 0 Å². The van der Waals surface area contributed by atoms with Crippen LogP contribution >= 0.6 is 0 Å². The highest BCUT2D eigenvalue weighted by Gasteiger charge is 2.12. The van der Waals surface area contributed by atoms with Crippen LogP contribution in [-0.4, -0.2) is 5.71 Å². The van der Waals surface area contributed by atoms with Crippen molar-refractivity contribution < 1.29 is 0 Å². The lowest BCUT2D eigenvalue weighted by Crippen LogP contribution is -1.99. The molecule has 0 spiro atoms. The Morgan fingerprint density at radius 3 is 1.40 bits per heavy atom. The molecular weight excluding hydrogens is 522 g/mol. The maximum atomic E-state index is 4.84. The van der Waals surface area contributed by atoms with Crippen molar-refractivity contribution in [1.82, 2.24) is 0 Å². The van der Waals surface area contributed by atoms with Crippen LogP contribution in [0.3, 0.4) is 0 Å². The minimum absolute atomic E-state index is 0.934. The fourth-order valence-electron chi connectivity index (χ4n) is 5.27. The van der Waals surface area contributed by atoms with Crippen molar-refractivity contribution >= 4 is 39.7 Å². The van der Waals surface area contributed by atoms with E-state index < -0.39 is 0 Å². The molecule has 6 rings (SSSR count). The third-order valence-electron chi connectivity index (χ3n) is 7.38. The smallest absolute Gasteiger partial charge is 0.0639 e. The first kappa shape index (κ1) is 27.7. The first-order valence-corrected chi connectivity index (χ1v) is 14.6. The molecule has 1 aliphatic carbocycles. The number of anilines is 4. The van der Waals surface area contributed by atoms with Crippen LogP contribution in [0, 0.1) is 20.8 Å². The number of benzene rings is 5. The topological polar surface area (TPSA) is 36.4 Å². The van der Waals surface area contributed by atoms with Gasteiger partial charge in [-0.1, -0.05) is 72.8 Å². The van der Waals surface area contributed by atoms with Gasteiger partial charge in [0.05, 0.1) is 11.4 Å². The fraction of sp³-hybridized carbons (Fsp3) is 0.0750. The highest BCUT2D eigenvalue weighted by atomic mass is 14.9. The van der Waals surface area contributed by atoms with E-state index in [1.807, 2.05) is 12.1 Å². The van der Waals surface area contributed by atoms with Crippen LogP contribution < -0.4 is 10.6 Å². The molecular formula is C40H35N3. The Bertz CT molecular complexity index is 1760. The van der Waals surface area contributed by atoms with E-state index >= 15 is 0 Å². The summed E-state index contributed by atoms with van der Waals surface area (Å²) in [6.07, 6.45) is 8.53. The van der Waals surface area contributed by atoms with Gasteiger partial charge in [0.15, 0.2) is 0 Å². The summed E-state index contributed by atoms with van der Waals surface area (Å²) in [5, 5.41) is 7.06. The van der Waals surface area contributed by atoms with Gasteiger partial charge in [-0.3, -0.25) is 0 Å². The average molecular weight is 558 g/mol. The molecule has 5 aromatic carbocycles. The molecule has 0 amide bonds. The highest BCUT2D eigenvalue weighted by molar-refractivity contribution is 6.08. The van der Waals surface area contributed by atoms with Crippen LogP contribution in [-0.2, 0) is 0 Å². The SMILES string of the molecule is Cc1cccc(N=C2C=CC(=C(c3ccc(Nc4cccc(C)c4)cc3)c3ccc(Nc4cccc(C)c4)cc3)C=C2)c1. The van der Waals surface area contributed by atoms with Crippen molar-refractivity contribution in [2.24, 2.45) is 4.99 Å². The molecule has 0 atom stereocenters. The molecule has 0 heterocycles. The van der Waals surface area contributed by atoms with Gasteiger partial charge in [0.1, 0.15) is 0 Å². The van der Waals surface area contributed by atoms with E-state index in [9.17, 15) is 0 Å². The van der Waals surface area contributed by atoms with Gasteiger partial charge in [-0.25, -0.2) is 4.99 Å². The minimum atomic E-state index is 0.934. The van der Waals surface area contributed by atoms with Gasteiger partial charge in [-0.05, 0) is 133 Å². The molecule has 1 aliphatic rings. The highest BCUT2D eigenvalue weighted by Crippen LogP contribution is 2.32. The number of aryl methyl sites for hydroxylation is 3. The summed E-state index contributed by atoms with van der Waals surface area (Å²) in [6.45, 7) is 6.31. The molecule has 2 N–H and O–H groups in total. The van der Waals surface area contributed by atoms with Crippen molar-refractivity contribution in [2.75, 3.05) is 10.6 Å². The van der Waals surface area contributed by atoms with Crippen LogP contribution in [0.5, 0.6) is 0 Å². The molecule has 5 aromatic rings. The van der Waals surface area contributed by atoms with Crippen molar-refractivity contribution in [3.8, 4) is 0 Å². The Balaban J connectivity index is 1.32. The van der Waals surface area contributed by atoms with Gasteiger partial charge in [0.25, 0.3) is 0 Å². The first-order chi connectivity index (χ1) is 21.0. The molecule has 0 aliphatic heterocycles. The summed E-state index contributed by atoms with van der Waals surface area (Å²) in [7, 11) is 0. The summed E-state index contributed by atoms with van der Waals surface area (Å²) < 4.78 is 0. The zero-order valence-corrected chi connectivity index (χ0v) is 24.8. The monoisotopic (exact) mass is 557 g/mol. The van der Waals surface area contributed by atoms with Crippen molar-refractivity contribution in [3.63, 3.8) is 0 Å².